The van der Waals surface area contributed by atoms with E-state index in [1.807, 2.05) is 6.92 Å². The number of alkyl carbamates (subject to hydrolysis) is 1. The second-order valence-electron chi connectivity index (χ2n) is 6.68. The molecule has 0 aromatic rings. The molecule has 0 aliphatic carbocycles. The van der Waals surface area contributed by atoms with E-state index < -0.39 is 32.9 Å². The average molecular weight is 351 g/mol. The molecule has 2 N–H and O–H groups in total. The number of amides is 1. The predicted octanol–water partition coefficient (Wildman–Crippen LogP) is 2.21. The Labute approximate surface area is 138 Å². The van der Waals surface area contributed by atoms with Gasteiger partial charge in [-0.05, 0) is 33.6 Å². The predicted molar refractivity (Wildman–Crippen MR) is 88.2 cm³/mol. The van der Waals surface area contributed by atoms with Crippen LogP contribution in [0.1, 0.15) is 53.9 Å². The van der Waals surface area contributed by atoms with Gasteiger partial charge in [0.2, 0.25) is 0 Å². The van der Waals surface area contributed by atoms with Gasteiger partial charge in [0.25, 0.3) is 0 Å². The van der Waals surface area contributed by atoms with E-state index in [4.69, 9.17) is 4.74 Å². The minimum absolute atomic E-state index is 0.0334. The Balaban J connectivity index is 5.06. The van der Waals surface area contributed by atoms with Gasteiger partial charge in [-0.15, -0.1) is 0 Å². The second kappa shape index (κ2) is 8.52. The summed E-state index contributed by atoms with van der Waals surface area (Å²) < 4.78 is 28.5. The summed E-state index contributed by atoms with van der Waals surface area (Å²) in [7, 11) is -3.28. The molecule has 0 rings (SSSR count). The van der Waals surface area contributed by atoms with Crippen molar-refractivity contribution in [2.75, 3.05) is 18.1 Å². The van der Waals surface area contributed by atoms with Crippen molar-refractivity contribution in [1.82, 2.24) is 5.32 Å². The third kappa shape index (κ3) is 8.20. The molecule has 23 heavy (non-hydrogen) atoms. The van der Waals surface area contributed by atoms with Gasteiger partial charge in [-0.2, -0.15) is 0 Å². The van der Waals surface area contributed by atoms with Crippen LogP contribution in [-0.2, 0) is 19.4 Å². The van der Waals surface area contributed by atoms with Gasteiger partial charge in [-0.1, -0.05) is 20.3 Å². The van der Waals surface area contributed by atoms with Gasteiger partial charge in [0.1, 0.15) is 15.4 Å². The summed E-state index contributed by atoms with van der Waals surface area (Å²) in [6, 6.07) is 0. The first kappa shape index (κ1) is 21.7. The summed E-state index contributed by atoms with van der Waals surface area (Å²) in [5.41, 5.74) is -2.00. The number of aliphatic carboxylic acids is 1. The summed E-state index contributed by atoms with van der Waals surface area (Å²) in [4.78, 5) is 23.5. The van der Waals surface area contributed by atoms with Gasteiger partial charge >= 0.3 is 12.1 Å². The topological polar surface area (TPSA) is 110 Å². The van der Waals surface area contributed by atoms with Crippen molar-refractivity contribution < 1.29 is 27.9 Å². The molecule has 0 aliphatic heterocycles. The Hall–Kier alpha value is -1.31. The van der Waals surface area contributed by atoms with Crippen LogP contribution in [0.2, 0.25) is 0 Å². The fourth-order valence-electron chi connectivity index (χ4n) is 2.12. The maximum Gasteiger partial charge on any atom is 0.407 e. The smallest absolute Gasteiger partial charge is 0.407 e. The molecule has 1 atom stereocenters. The number of sulfone groups is 1. The van der Waals surface area contributed by atoms with Crippen molar-refractivity contribution in [3.63, 3.8) is 0 Å². The Morgan fingerprint density at radius 2 is 1.70 bits per heavy atom. The first-order chi connectivity index (χ1) is 10.4. The van der Waals surface area contributed by atoms with Gasteiger partial charge in [0, 0.05) is 12.3 Å². The number of hydrogen-bond donors (Lipinski definition) is 2. The Bertz CT molecular complexity index is 509. The fourth-order valence-corrected chi connectivity index (χ4v) is 3.11. The quantitative estimate of drug-likeness (QED) is 0.659. The molecule has 7 nitrogen and oxygen atoms in total. The molecule has 0 saturated heterocycles. The van der Waals surface area contributed by atoms with Crippen molar-refractivity contribution in [1.29, 1.82) is 0 Å². The van der Waals surface area contributed by atoms with Crippen molar-refractivity contribution in [2.24, 2.45) is 5.41 Å². The van der Waals surface area contributed by atoms with E-state index in [-0.39, 0.29) is 30.9 Å². The van der Waals surface area contributed by atoms with Crippen LogP contribution in [0, 0.1) is 5.41 Å². The first-order valence-electron chi connectivity index (χ1n) is 7.78. The second-order valence-corrected chi connectivity index (χ2v) is 9.15. The summed E-state index contributed by atoms with van der Waals surface area (Å²) >= 11 is 0. The SMILES string of the molecule is CCCC(CCS(=O)(=O)CC)(CNC(=O)OC(C)(C)C)C(=O)O. The normalized spacial score (nSPS) is 14.8. The molecule has 0 aromatic heterocycles. The van der Waals surface area contributed by atoms with E-state index >= 15 is 0 Å². The maximum atomic E-state index is 11.7. The molecule has 1 unspecified atom stereocenters. The van der Waals surface area contributed by atoms with Crippen LogP contribution >= 0.6 is 0 Å². The standard InChI is InChI=1S/C15H29NO6S/c1-6-8-15(12(17)18,9-10-23(20,21)7-2)11-16-13(19)22-14(3,4)5/h6-11H2,1-5H3,(H,16,19)(H,17,18). The molecule has 0 heterocycles. The highest BCUT2D eigenvalue weighted by Crippen LogP contribution is 2.29. The number of carboxylic acid groups (broad SMARTS) is 1. The molecule has 0 bridgehead atoms. The lowest BCUT2D eigenvalue weighted by atomic mass is 9.80. The van der Waals surface area contributed by atoms with Crippen LogP contribution in [0.15, 0.2) is 0 Å². The highest BCUT2D eigenvalue weighted by atomic mass is 32.2. The van der Waals surface area contributed by atoms with Gasteiger partial charge in [0.05, 0.1) is 11.2 Å². The van der Waals surface area contributed by atoms with E-state index in [1.54, 1.807) is 20.8 Å². The lowest BCUT2D eigenvalue weighted by molar-refractivity contribution is -0.149. The lowest BCUT2D eigenvalue weighted by Crippen LogP contribution is -2.45. The van der Waals surface area contributed by atoms with E-state index in [1.165, 1.54) is 6.92 Å². The van der Waals surface area contributed by atoms with Crippen LogP contribution in [0.25, 0.3) is 0 Å². The van der Waals surface area contributed by atoms with Crippen LogP contribution in [0.5, 0.6) is 0 Å². The molecule has 0 saturated carbocycles. The molecule has 1 amide bonds. The van der Waals surface area contributed by atoms with Gasteiger partial charge in [-0.25, -0.2) is 13.2 Å². The third-order valence-electron chi connectivity index (χ3n) is 3.48. The highest BCUT2D eigenvalue weighted by molar-refractivity contribution is 7.91. The van der Waals surface area contributed by atoms with E-state index in [2.05, 4.69) is 5.32 Å². The minimum Gasteiger partial charge on any atom is -0.481 e. The number of ether oxygens (including phenoxy) is 1. The van der Waals surface area contributed by atoms with Gasteiger partial charge in [0.15, 0.2) is 0 Å². The molecule has 0 aromatic carbocycles. The molecular formula is C15H29NO6S. The maximum absolute atomic E-state index is 11.7. The Kier molecular flexibility index (Phi) is 8.03. The van der Waals surface area contributed by atoms with Crippen LogP contribution in [-0.4, -0.2) is 49.2 Å². The van der Waals surface area contributed by atoms with E-state index in [0.717, 1.165) is 0 Å². The van der Waals surface area contributed by atoms with Crippen molar-refractivity contribution in [2.45, 2.75) is 59.5 Å². The molecule has 136 valence electrons. The molecule has 0 spiro atoms. The number of rotatable bonds is 9. The Morgan fingerprint density at radius 1 is 1.13 bits per heavy atom. The number of hydrogen-bond acceptors (Lipinski definition) is 5. The number of carboxylic acids is 1. The highest BCUT2D eigenvalue weighted by Gasteiger charge is 2.39. The third-order valence-corrected chi connectivity index (χ3v) is 5.19. The van der Waals surface area contributed by atoms with E-state index in [9.17, 15) is 23.1 Å². The molecule has 8 heteroatoms. The Morgan fingerprint density at radius 3 is 2.09 bits per heavy atom. The molecule has 0 aliphatic rings. The fraction of sp³-hybridized carbons (Fsp3) is 0.867. The molecule has 0 fully saturated rings. The summed E-state index contributed by atoms with van der Waals surface area (Å²) in [6.45, 7) is 8.30. The summed E-state index contributed by atoms with van der Waals surface area (Å²) in [6.07, 6.45) is 0.0890. The van der Waals surface area contributed by atoms with Crippen LogP contribution in [0.4, 0.5) is 4.79 Å². The van der Waals surface area contributed by atoms with Crippen molar-refractivity contribution in [3.05, 3.63) is 0 Å². The summed E-state index contributed by atoms with van der Waals surface area (Å²) in [5, 5.41) is 12.0. The zero-order chi connectivity index (χ0) is 18.3. The van der Waals surface area contributed by atoms with Crippen molar-refractivity contribution in [3.8, 4) is 0 Å². The van der Waals surface area contributed by atoms with Gasteiger partial charge < -0.3 is 15.2 Å². The number of nitrogens with one attached hydrogen (secondary N) is 1. The monoisotopic (exact) mass is 351 g/mol. The lowest BCUT2D eigenvalue weighted by Gasteiger charge is -2.30. The van der Waals surface area contributed by atoms with Crippen molar-refractivity contribution >= 4 is 21.9 Å². The average Bonchev–Trinajstić information content (AvgIpc) is 2.40. The zero-order valence-corrected chi connectivity index (χ0v) is 15.5. The number of carbonyl (C=O) groups excluding carboxylic acids is 1. The van der Waals surface area contributed by atoms with Gasteiger partial charge in [-0.3, -0.25) is 4.79 Å². The minimum atomic E-state index is -3.28. The first-order valence-corrected chi connectivity index (χ1v) is 9.60. The molecular weight excluding hydrogens is 322 g/mol. The van der Waals surface area contributed by atoms with E-state index in [0.29, 0.717) is 6.42 Å². The van der Waals surface area contributed by atoms with Crippen LogP contribution in [0.3, 0.4) is 0 Å². The largest absolute Gasteiger partial charge is 0.481 e. The van der Waals surface area contributed by atoms with Crippen LogP contribution < -0.4 is 5.32 Å². The zero-order valence-electron chi connectivity index (χ0n) is 14.6. The number of carbonyl (C=O) groups is 2. The molecule has 0 radical (unpaired) electrons. The summed E-state index contributed by atoms with van der Waals surface area (Å²) in [5.74, 6) is -1.36.